The van der Waals surface area contributed by atoms with Crippen LogP contribution in [0.15, 0.2) is 84.8 Å². The van der Waals surface area contributed by atoms with Crippen LogP contribution in [0.4, 0.5) is 0 Å². The first-order chi connectivity index (χ1) is 15.7. The van der Waals surface area contributed by atoms with Gasteiger partial charge in [0.2, 0.25) is 0 Å². The summed E-state index contributed by atoms with van der Waals surface area (Å²) in [5.74, 6) is 0.438. The number of hydrogen-bond donors (Lipinski definition) is 1. The molecule has 0 fully saturated rings. The van der Waals surface area contributed by atoms with Gasteiger partial charge in [-0.2, -0.15) is 0 Å². The van der Waals surface area contributed by atoms with Crippen LogP contribution in [0.3, 0.4) is 0 Å². The number of carbonyl (C=O) groups is 1. The fourth-order valence-corrected chi connectivity index (χ4v) is 3.99. The number of fused-ring (bicyclic) bond motifs is 1. The minimum atomic E-state index is -0.177. The van der Waals surface area contributed by atoms with Crippen LogP contribution in [0, 0.1) is 0 Å². The zero-order valence-corrected chi connectivity index (χ0v) is 17.8. The van der Waals surface area contributed by atoms with E-state index < -0.39 is 0 Å². The number of amides is 1. The maximum absolute atomic E-state index is 12.6. The summed E-state index contributed by atoms with van der Waals surface area (Å²) in [5.41, 5.74) is 4.10. The summed E-state index contributed by atoms with van der Waals surface area (Å²) in [6.07, 6.45) is 7.35. The van der Waals surface area contributed by atoms with Crippen LogP contribution in [-0.4, -0.2) is 25.3 Å². The normalized spacial score (nSPS) is 10.9. The third-order valence-corrected chi connectivity index (χ3v) is 5.67. The molecule has 0 atom stereocenters. The Hall–Kier alpha value is -4.04. The van der Waals surface area contributed by atoms with E-state index in [0.717, 1.165) is 27.6 Å². The lowest BCUT2D eigenvalue weighted by Gasteiger charge is -2.07. The summed E-state index contributed by atoms with van der Waals surface area (Å²) in [7, 11) is 0. The second-order valence-electron chi connectivity index (χ2n) is 7.06. The molecule has 0 spiro atoms. The van der Waals surface area contributed by atoms with E-state index in [4.69, 9.17) is 4.74 Å². The molecule has 4 aromatic heterocycles. The average Bonchev–Trinajstić information content (AvgIpc) is 3.49. The minimum absolute atomic E-state index is 0.177. The van der Waals surface area contributed by atoms with Gasteiger partial charge in [-0.05, 0) is 42.5 Å². The van der Waals surface area contributed by atoms with Crippen molar-refractivity contribution in [3.8, 4) is 17.0 Å². The van der Waals surface area contributed by atoms with E-state index in [-0.39, 0.29) is 5.91 Å². The van der Waals surface area contributed by atoms with Gasteiger partial charge in [0.05, 0.1) is 17.9 Å². The van der Waals surface area contributed by atoms with Crippen molar-refractivity contribution in [1.82, 2.24) is 24.7 Å². The maximum atomic E-state index is 12.6. The molecule has 1 aromatic carbocycles. The second-order valence-corrected chi connectivity index (χ2v) is 8.00. The zero-order chi connectivity index (χ0) is 21.8. The Morgan fingerprint density at radius 1 is 1.06 bits per heavy atom. The van der Waals surface area contributed by atoms with Gasteiger partial charge in [-0.1, -0.05) is 12.1 Å². The molecule has 4 heterocycles. The van der Waals surface area contributed by atoms with Crippen molar-refractivity contribution < 1.29 is 9.53 Å². The quantitative estimate of drug-likeness (QED) is 0.406. The summed E-state index contributed by atoms with van der Waals surface area (Å²) in [6.45, 7) is 0.685. The van der Waals surface area contributed by atoms with E-state index in [1.807, 2.05) is 58.6 Å². The van der Waals surface area contributed by atoms with Crippen molar-refractivity contribution in [3.63, 3.8) is 0 Å². The highest BCUT2D eigenvalue weighted by Gasteiger charge is 2.10. The Balaban J connectivity index is 1.19. The molecule has 5 aromatic rings. The van der Waals surface area contributed by atoms with E-state index in [1.165, 1.54) is 11.3 Å². The van der Waals surface area contributed by atoms with Crippen LogP contribution in [0.25, 0.3) is 16.9 Å². The molecule has 8 heteroatoms. The highest BCUT2D eigenvalue weighted by atomic mass is 32.1. The van der Waals surface area contributed by atoms with E-state index in [1.54, 1.807) is 30.6 Å². The van der Waals surface area contributed by atoms with E-state index in [9.17, 15) is 4.79 Å². The number of hydrogen-bond acceptors (Lipinski definition) is 6. The van der Waals surface area contributed by atoms with Gasteiger partial charge < -0.3 is 14.5 Å². The number of thiazole rings is 1. The number of nitrogens with zero attached hydrogens (tertiary/aromatic N) is 4. The molecule has 0 radical (unpaired) electrons. The maximum Gasteiger partial charge on any atom is 0.251 e. The number of ether oxygens (including phenoxy) is 1. The Labute approximate surface area is 188 Å². The highest BCUT2D eigenvalue weighted by molar-refractivity contribution is 7.09. The van der Waals surface area contributed by atoms with Crippen LogP contribution in [0.1, 0.15) is 21.1 Å². The predicted octanol–water partition coefficient (Wildman–Crippen LogP) is 4.36. The van der Waals surface area contributed by atoms with E-state index >= 15 is 0 Å². The van der Waals surface area contributed by atoms with E-state index in [2.05, 4.69) is 20.3 Å². The van der Waals surface area contributed by atoms with Gasteiger partial charge in [-0.25, -0.2) is 9.97 Å². The van der Waals surface area contributed by atoms with Gasteiger partial charge in [-0.3, -0.25) is 9.78 Å². The molecule has 158 valence electrons. The molecule has 0 bridgehead atoms. The third kappa shape index (κ3) is 4.50. The summed E-state index contributed by atoms with van der Waals surface area (Å²) in [4.78, 5) is 25.8. The largest absolute Gasteiger partial charge is 0.487 e. The smallest absolute Gasteiger partial charge is 0.251 e. The zero-order valence-electron chi connectivity index (χ0n) is 17.0. The summed E-state index contributed by atoms with van der Waals surface area (Å²) in [5, 5.41) is 5.74. The van der Waals surface area contributed by atoms with Gasteiger partial charge >= 0.3 is 0 Å². The topological polar surface area (TPSA) is 81.4 Å². The number of aromatic nitrogens is 4. The monoisotopic (exact) mass is 441 g/mol. The van der Waals surface area contributed by atoms with Crippen molar-refractivity contribution in [1.29, 1.82) is 0 Å². The fraction of sp³-hybridized carbons (Fsp3) is 0.0833. The third-order valence-electron chi connectivity index (χ3n) is 4.82. The first-order valence-electron chi connectivity index (χ1n) is 10.0. The Bertz CT molecular complexity index is 1330. The SMILES string of the molecule is O=C(NCc1nc(-c2ccncc2)cs1)c1cccc(OCc2cn3ccccc3n2)c1. The van der Waals surface area contributed by atoms with Crippen LogP contribution >= 0.6 is 11.3 Å². The first-order valence-corrected chi connectivity index (χ1v) is 10.9. The van der Waals surface area contributed by atoms with Crippen LogP contribution < -0.4 is 10.1 Å². The molecular weight excluding hydrogens is 422 g/mol. The lowest BCUT2D eigenvalue weighted by Crippen LogP contribution is -2.22. The number of nitrogens with one attached hydrogen (secondary N) is 1. The van der Waals surface area contributed by atoms with Crippen LogP contribution in [0.5, 0.6) is 5.75 Å². The van der Waals surface area contributed by atoms with Crippen molar-refractivity contribution in [2.45, 2.75) is 13.2 Å². The van der Waals surface area contributed by atoms with Gasteiger partial charge in [0, 0.05) is 41.3 Å². The predicted molar refractivity (Wildman–Crippen MR) is 122 cm³/mol. The molecule has 0 saturated carbocycles. The first kappa shape index (κ1) is 19.9. The molecule has 0 aliphatic rings. The number of imidazole rings is 1. The molecule has 0 unspecified atom stereocenters. The Morgan fingerprint density at radius 2 is 1.97 bits per heavy atom. The summed E-state index contributed by atoms with van der Waals surface area (Å²) >= 11 is 1.51. The molecule has 5 rings (SSSR count). The Kier molecular flexibility index (Phi) is 5.59. The summed E-state index contributed by atoms with van der Waals surface area (Å²) < 4.78 is 7.80. The van der Waals surface area contributed by atoms with Gasteiger partial charge in [-0.15, -0.1) is 11.3 Å². The molecule has 32 heavy (non-hydrogen) atoms. The van der Waals surface area contributed by atoms with Gasteiger partial charge in [0.25, 0.3) is 5.91 Å². The van der Waals surface area contributed by atoms with Gasteiger partial charge in [0.1, 0.15) is 23.0 Å². The minimum Gasteiger partial charge on any atom is -0.487 e. The Morgan fingerprint density at radius 3 is 2.84 bits per heavy atom. The van der Waals surface area contributed by atoms with E-state index in [0.29, 0.717) is 24.5 Å². The fourth-order valence-electron chi connectivity index (χ4n) is 3.25. The standard InChI is InChI=1S/C24H19N5O2S/c30-24(26-13-23-28-21(16-32-23)17-7-9-25-10-8-17)18-4-3-5-20(12-18)31-15-19-14-29-11-2-1-6-22(29)27-19/h1-12,14,16H,13,15H2,(H,26,30). The van der Waals surface area contributed by atoms with Crippen molar-refractivity contribution in [2.24, 2.45) is 0 Å². The number of pyridine rings is 2. The number of rotatable bonds is 7. The van der Waals surface area contributed by atoms with Crippen LogP contribution in [0.2, 0.25) is 0 Å². The van der Waals surface area contributed by atoms with Gasteiger partial charge in [0.15, 0.2) is 0 Å². The molecule has 0 aliphatic heterocycles. The lowest BCUT2D eigenvalue weighted by molar-refractivity contribution is 0.0950. The second kappa shape index (κ2) is 8.99. The molecule has 1 amide bonds. The molecule has 0 aliphatic carbocycles. The lowest BCUT2D eigenvalue weighted by atomic mass is 10.2. The molecule has 7 nitrogen and oxygen atoms in total. The van der Waals surface area contributed by atoms with Crippen molar-refractivity contribution >= 4 is 22.9 Å². The van der Waals surface area contributed by atoms with Crippen molar-refractivity contribution in [3.05, 3.63) is 101 Å². The number of carbonyl (C=O) groups excluding carboxylic acids is 1. The van der Waals surface area contributed by atoms with Crippen molar-refractivity contribution in [2.75, 3.05) is 0 Å². The molecule has 1 N–H and O–H groups in total. The highest BCUT2D eigenvalue weighted by Crippen LogP contribution is 2.21. The van der Waals surface area contributed by atoms with Crippen LogP contribution in [-0.2, 0) is 13.2 Å². The average molecular weight is 442 g/mol. The molecule has 0 saturated heterocycles. The molecular formula is C24H19N5O2S. The summed E-state index contributed by atoms with van der Waals surface area (Å²) in [6, 6.07) is 16.8. The number of benzene rings is 1.